The number of aromatic carboxylic acids is 1. The first-order valence-corrected chi connectivity index (χ1v) is 7.54. The summed E-state index contributed by atoms with van der Waals surface area (Å²) in [5.74, 6) is -0.705. The smallest absolute Gasteiger partial charge is 0.349 e. The molecule has 1 heterocycles. The second-order valence-electron chi connectivity index (χ2n) is 5.34. The highest BCUT2D eigenvalue weighted by Crippen LogP contribution is 2.34. The van der Waals surface area contributed by atoms with Crippen molar-refractivity contribution in [2.75, 3.05) is 0 Å². The molecule has 0 aromatic carbocycles. The van der Waals surface area contributed by atoms with E-state index in [4.69, 9.17) is 4.74 Å². The number of rotatable bonds is 6. The number of nitrogens with one attached hydrogen (secondary N) is 1. The Morgan fingerprint density at radius 2 is 2.05 bits per heavy atom. The van der Waals surface area contributed by atoms with E-state index < -0.39 is 12.1 Å². The van der Waals surface area contributed by atoms with E-state index in [1.54, 1.807) is 13.0 Å². The monoisotopic (exact) mass is 297 g/mol. The number of amides is 1. The number of carboxylic acid groups (broad SMARTS) is 1. The van der Waals surface area contributed by atoms with E-state index in [2.05, 4.69) is 5.32 Å². The number of carbonyl (C=O) groups is 2. The maximum absolute atomic E-state index is 11.8. The van der Waals surface area contributed by atoms with Gasteiger partial charge in [0.15, 0.2) is 11.0 Å². The van der Waals surface area contributed by atoms with E-state index in [1.165, 1.54) is 11.3 Å². The largest absolute Gasteiger partial charge is 0.479 e. The molecule has 0 aliphatic heterocycles. The molecule has 1 atom stereocenters. The average Bonchev–Trinajstić information content (AvgIpc) is 3.06. The zero-order valence-corrected chi connectivity index (χ0v) is 12.6. The third-order valence-corrected chi connectivity index (χ3v) is 4.48. The summed E-state index contributed by atoms with van der Waals surface area (Å²) in [6.07, 6.45) is 1.33. The Balaban J connectivity index is 2.10. The van der Waals surface area contributed by atoms with E-state index >= 15 is 0 Å². The van der Waals surface area contributed by atoms with Crippen LogP contribution in [0.1, 0.15) is 54.1 Å². The Morgan fingerprint density at radius 1 is 1.40 bits per heavy atom. The van der Waals surface area contributed by atoms with Crippen molar-refractivity contribution in [3.8, 4) is 5.75 Å². The van der Waals surface area contributed by atoms with Crippen molar-refractivity contribution < 1.29 is 19.4 Å². The van der Waals surface area contributed by atoms with E-state index in [1.807, 2.05) is 13.8 Å². The molecular formula is C14H19NO4S. The summed E-state index contributed by atoms with van der Waals surface area (Å²) in [6, 6.07) is 1.99. The van der Waals surface area contributed by atoms with Crippen molar-refractivity contribution in [1.82, 2.24) is 5.32 Å². The predicted molar refractivity (Wildman–Crippen MR) is 76.6 cm³/mol. The zero-order valence-electron chi connectivity index (χ0n) is 11.8. The third kappa shape index (κ3) is 3.50. The lowest BCUT2D eigenvalue weighted by molar-refractivity contribution is -0.127. The molecule has 2 rings (SSSR count). The molecule has 1 aliphatic rings. The Bertz CT molecular complexity index is 519. The summed E-state index contributed by atoms with van der Waals surface area (Å²) < 4.78 is 5.55. The Morgan fingerprint density at radius 3 is 2.55 bits per heavy atom. The number of hydrogen-bond donors (Lipinski definition) is 2. The van der Waals surface area contributed by atoms with E-state index in [-0.39, 0.29) is 28.5 Å². The fourth-order valence-electron chi connectivity index (χ4n) is 1.70. The van der Waals surface area contributed by atoms with Crippen LogP contribution in [-0.2, 0) is 4.79 Å². The number of carboxylic acids is 1. The summed E-state index contributed by atoms with van der Waals surface area (Å²) in [6.45, 7) is 5.62. The van der Waals surface area contributed by atoms with Crippen LogP contribution < -0.4 is 10.1 Å². The molecule has 1 aromatic heterocycles. The molecule has 1 saturated carbocycles. The highest BCUT2D eigenvalue weighted by molar-refractivity contribution is 7.14. The zero-order chi connectivity index (χ0) is 14.9. The van der Waals surface area contributed by atoms with Crippen molar-refractivity contribution in [1.29, 1.82) is 0 Å². The lowest BCUT2D eigenvalue weighted by Gasteiger charge is -2.14. The maximum Gasteiger partial charge on any atom is 0.349 e. The fourth-order valence-corrected chi connectivity index (χ4v) is 2.64. The standard InChI is InChI=1S/C14H19NO4S/c1-7(2)11-6-10(12(20-11)14(17)18)19-8(3)13(16)15-9-4-5-9/h6-9H,4-5H2,1-3H3,(H,15,16)(H,17,18). The van der Waals surface area contributed by atoms with Gasteiger partial charge in [-0.25, -0.2) is 4.79 Å². The molecule has 1 unspecified atom stereocenters. The average molecular weight is 297 g/mol. The lowest BCUT2D eigenvalue weighted by atomic mass is 10.2. The minimum Gasteiger partial charge on any atom is -0.479 e. The second kappa shape index (κ2) is 5.83. The molecule has 5 nitrogen and oxygen atoms in total. The number of carbonyl (C=O) groups excluding carboxylic acids is 1. The summed E-state index contributed by atoms with van der Waals surface area (Å²) in [4.78, 5) is 24.2. The molecule has 0 radical (unpaired) electrons. The predicted octanol–water partition coefficient (Wildman–Crippen LogP) is 2.62. The van der Waals surface area contributed by atoms with Gasteiger partial charge >= 0.3 is 5.97 Å². The van der Waals surface area contributed by atoms with Crippen LogP contribution in [0.2, 0.25) is 0 Å². The van der Waals surface area contributed by atoms with Crippen LogP contribution in [0.5, 0.6) is 5.75 Å². The van der Waals surface area contributed by atoms with Gasteiger partial charge in [0, 0.05) is 10.9 Å². The highest BCUT2D eigenvalue weighted by atomic mass is 32.1. The lowest BCUT2D eigenvalue weighted by Crippen LogP contribution is -2.37. The van der Waals surface area contributed by atoms with Gasteiger partial charge in [-0.1, -0.05) is 13.8 Å². The number of ether oxygens (including phenoxy) is 1. The van der Waals surface area contributed by atoms with Crippen LogP contribution in [0.4, 0.5) is 0 Å². The molecule has 1 aliphatic carbocycles. The van der Waals surface area contributed by atoms with Crippen LogP contribution in [-0.4, -0.2) is 29.1 Å². The van der Waals surface area contributed by atoms with Crippen molar-refractivity contribution in [3.05, 3.63) is 15.8 Å². The maximum atomic E-state index is 11.8. The van der Waals surface area contributed by atoms with Crippen molar-refractivity contribution in [2.24, 2.45) is 0 Å². The summed E-state index contributed by atoms with van der Waals surface area (Å²) in [7, 11) is 0. The topological polar surface area (TPSA) is 75.6 Å². The summed E-state index contributed by atoms with van der Waals surface area (Å²) in [5, 5.41) is 12.0. The van der Waals surface area contributed by atoms with Gasteiger partial charge in [-0.2, -0.15) is 0 Å². The normalized spacial score (nSPS) is 16.0. The molecule has 1 amide bonds. The van der Waals surface area contributed by atoms with Crippen molar-refractivity contribution in [3.63, 3.8) is 0 Å². The van der Waals surface area contributed by atoms with Gasteiger partial charge in [-0.15, -0.1) is 11.3 Å². The van der Waals surface area contributed by atoms with Gasteiger partial charge in [0.1, 0.15) is 5.75 Å². The minimum atomic E-state index is -1.02. The Labute approximate surface area is 121 Å². The van der Waals surface area contributed by atoms with Gasteiger partial charge in [-0.3, -0.25) is 4.79 Å². The van der Waals surface area contributed by atoms with Crippen molar-refractivity contribution >= 4 is 23.2 Å². The summed E-state index contributed by atoms with van der Waals surface area (Å²) in [5.41, 5.74) is 0. The SMILES string of the molecule is CC(Oc1cc(C(C)C)sc1C(=O)O)C(=O)NC1CC1. The molecule has 0 spiro atoms. The van der Waals surface area contributed by atoms with Crippen LogP contribution in [0, 0.1) is 0 Å². The van der Waals surface area contributed by atoms with Crippen LogP contribution in [0.25, 0.3) is 0 Å². The molecular weight excluding hydrogens is 278 g/mol. The molecule has 6 heteroatoms. The number of hydrogen-bond acceptors (Lipinski definition) is 4. The second-order valence-corrected chi connectivity index (χ2v) is 6.43. The molecule has 110 valence electrons. The first kappa shape index (κ1) is 14.8. The quantitative estimate of drug-likeness (QED) is 0.846. The third-order valence-electron chi connectivity index (χ3n) is 3.08. The van der Waals surface area contributed by atoms with Gasteiger partial charge in [0.2, 0.25) is 0 Å². The van der Waals surface area contributed by atoms with E-state index in [0.717, 1.165) is 17.7 Å². The van der Waals surface area contributed by atoms with Gasteiger partial charge in [0.25, 0.3) is 5.91 Å². The number of thiophene rings is 1. The van der Waals surface area contributed by atoms with Crippen LogP contribution in [0.3, 0.4) is 0 Å². The van der Waals surface area contributed by atoms with E-state index in [0.29, 0.717) is 0 Å². The van der Waals surface area contributed by atoms with E-state index in [9.17, 15) is 14.7 Å². The molecule has 20 heavy (non-hydrogen) atoms. The van der Waals surface area contributed by atoms with Crippen LogP contribution in [0.15, 0.2) is 6.07 Å². The first-order chi connectivity index (χ1) is 9.38. The Kier molecular flexibility index (Phi) is 4.32. The molecule has 1 aromatic rings. The van der Waals surface area contributed by atoms with Crippen molar-refractivity contribution in [2.45, 2.75) is 51.7 Å². The molecule has 2 N–H and O–H groups in total. The van der Waals surface area contributed by atoms with Crippen LogP contribution >= 0.6 is 11.3 Å². The molecule has 0 bridgehead atoms. The van der Waals surface area contributed by atoms with Gasteiger partial charge in [0.05, 0.1) is 0 Å². The van der Waals surface area contributed by atoms with Gasteiger partial charge < -0.3 is 15.2 Å². The first-order valence-electron chi connectivity index (χ1n) is 6.72. The molecule has 0 saturated heterocycles. The van der Waals surface area contributed by atoms with Gasteiger partial charge in [-0.05, 0) is 31.7 Å². The highest BCUT2D eigenvalue weighted by Gasteiger charge is 2.28. The minimum absolute atomic E-state index is 0.153. The fraction of sp³-hybridized carbons (Fsp3) is 0.571. The summed E-state index contributed by atoms with van der Waals surface area (Å²) >= 11 is 1.20. The Hall–Kier alpha value is -1.56. The molecule has 1 fully saturated rings.